The molecule has 0 aromatic heterocycles. The molecule has 0 aliphatic heterocycles. The van der Waals surface area contributed by atoms with Crippen molar-refractivity contribution in [2.24, 2.45) is 0 Å². The third-order valence-electron chi connectivity index (χ3n) is 5.41. The van der Waals surface area contributed by atoms with Gasteiger partial charge in [-0.1, -0.05) is 63.5 Å². The van der Waals surface area contributed by atoms with Gasteiger partial charge in [-0.2, -0.15) is 0 Å². The van der Waals surface area contributed by atoms with Gasteiger partial charge >= 0.3 is 0 Å². The Morgan fingerprint density at radius 3 is 2.06 bits per heavy atom. The molecule has 0 spiro atoms. The van der Waals surface area contributed by atoms with Crippen molar-refractivity contribution in [3.05, 3.63) is 60.7 Å². The van der Waals surface area contributed by atoms with Crippen LogP contribution < -0.4 is 9.47 Å². The standard InChI is InChI=1S/C28H38O4/c1-4-5-8-12-28(30)32-26-19-15-24(16-20-26)23-13-17-25(18-14-23)31-21-10-7-6-9-11-27(29)22(2)3/h13-20,28,30H,2,4-12,21H2,1,3H3. The van der Waals surface area contributed by atoms with Gasteiger partial charge in [0.1, 0.15) is 11.5 Å². The normalized spacial score (nSPS) is 11.7. The molecule has 174 valence electrons. The summed E-state index contributed by atoms with van der Waals surface area (Å²) in [6, 6.07) is 15.9. The molecule has 0 saturated heterocycles. The van der Waals surface area contributed by atoms with Gasteiger partial charge in [-0.15, -0.1) is 0 Å². The van der Waals surface area contributed by atoms with Crippen molar-refractivity contribution in [1.82, 2.24) is 0 Å². The van der Waals surface area contributed by atoms with Crippen LogP contribution in [0.4, 0.5) is 0 Å². The molecule has 0 amide bonds. The fraction of sp³-hybridized carbons (Fsp3) is 0.464. The predicted molar refractivity (Wildman–Crippen MR) is 131 cm³/mol. The van der Waals surface area contributed by atoms with E-state index in [1.807, 2.05) is 48.5 Å². The minimum atomic E-state index is -0.748. The summed E-state index contributed by atoms with van der Waals surface area (Å²) in [4.78, 5) is 11.5. The number of ether oxygens (including phenoxy) is 2. The molecular formula is C28H38O4. The summed E-state index contributed by atoms with van der Waals surface area (Å²) in [7, 11) is 0. The van der Waals surface area contributed by atoms with Crippen LogP contribution in [0.15, 0.2) is 60.7 Å². The van der Waals surface area contributed by atoms with Gasteiger partial charge in [-0.05, 0) is 67.2 Å². The first-order chi connectivity index (χ1) is 15.5. The van der Waals surface area contributed by atoms with E-state index in [0.29, 0.717) is 30.8 Å². The second kappa shape index (κ2) is 14.5. The van der Waals surface area contributed by atoms with Gasteiger partial charge in [-0.3, -0.25) is 4.79 Å². The Hall–Kier alpha value is -2.59. The molecule has 2 aromatic carbocycles. The van der Waals surface area contributed by atoms with Crippen LogP contribution in [0.5, 0.6) is 11.5 Å². The van der Waals surface area contributed by atoms with Crippen LogP contribution in [0.2, 0.25) is 0 Å². The summed E-state index contributed by atoms with van der Waals surface area (Å²) in [5.74, 6) is 1.71. The highest BCUT2D eigenvalue weighted by molar-refractivity contribution is 5.93. The maximum atomic E-state index is 11.5. The molecule has 4 heteroatoms. The minimum Gasteiger partial charge on any atom is -0.494 e. The summed E-state index contributed by atoms with van der Waals surface area (Å²) < 4.78 is 11.4. The van der Waals surface area contributed by atoms with Gasteiger partial charge in [0.2, 0.25) is 0 Å². The van der Waals surface area contributed by atoms with Gasteiger partial charge < -0.3 is 14.6 Å². The summed E-state index contributed by atoms with van der Waals surface area (Å²) in [6.45, 7) is 8.28. The number of rotatable bonds is 16. The molecule has 1 N–H and O–H groups in total. The van der Waals surface area contributed by atoms with Crippen molar-refractivity contribution in [2.75, 3.05) is 6.61 Å². The minimum absolute atomic E-state index is 0.170. The Kier molecular flexibility index (Phi) is 11.6. The average molecular weight is 439 g/mol. The molecule has 0 fully saturated rings. The maximum Gasteiger partial charge on any atom is 0.197 e. The summed E-state index contributed by atoms with van der Waals surface area (Å²) in [5.41, 5.74) is 2.85. The summed E-state index contributed by atoms with van der Waals surface area (Å²) >= 11 is 0. The second-order valence-corrected chi connectivity index (χ2v) is 8.33. The van der Waals surface area contributed by atoms with Crippen molar-refractivity contribution in [3.63, 3.8) is 0 Å². The number of carbonyl (C=O) groups excluding carboxylic acids is 1. The number of aliphatic hydroxyl groups is 1. The van der Waals surface area contributed by atoms with Crippen molar-refractivity contribution in [3.8, 4) is 22.6 Å². The van der Waals surface area contributed by atoms with E-state index in [2.05, 4.69) is 13.5 Å². The first kappa shape index (κ1) is 25.7. The highest BCUT2D eigenvalue weighted by atomic mass is 16.6. The zero-order valence-corrected chi connectivity index (χ0v) is 19.6. The molecule has 0 radical (unpaired) electrons. The van der Waals surface area contributed by atoms with Gasteiger partial charge in [0.05, 0.1) is 6.61 Å². The van der Waals surface area contributed by atoms with Crippen LogP contribution in [0, 0.1) is 0 Å². The number of hydrogen-bond acceptors (Lipinski definition) is 4. The van der Waals surface area contributed by atoms with Crippen molar-refractivity contribution in [1.29, 1.82) is 0 Å². The number of carbonyl (C=O) groups is 1. The molecule has 0 aliphatic rings. The van der Waals surface area contributed by atoms with Gasteiger partial charge in [-0.25, -0.2) is 0 Å². The Morgan fingerprint density at radius 2 is 1.47 bits per heavy atom. The molecule has 4 nitrogen and oxygen atoms in total. The van der Waals surface area contributed by atoms with E-state index in [1.54, 1.807) is 6.92 Å². The molecule has 0 aliphatic carbocycles. The van der Waals surface area contributed by atoms with Crippen molar-refractivity contribution < 1.29 is 19.4 Å². The zero-order valence-electron chi connectivity index (χ0n) is 19.6. The molecule has 0 bridgehead atoms. The monoisotopic (exact) mass is 438 g/mol. The lowest BCUT2D eigenvalue weighted by Gasteiger charge is -2.13. The lowest BCUT2D eigenvalue weighted by Crippen LogP contribution is -2.15. The number of unbranched alkanes of at least 4 members (excludes halogenated alkanes) is 5. The highest BCUT2D eigenvalue weighted by Gasteiger charge is 2.06. The Labute approximate surface area is 193 Å². The van der Waals surface area contributed by atoms with Gasteiger partial charge in [0.25, 0.3) is 0 Å². The Balaban J connectivity index is 1.69. The van der Waals surface area contributed by atoms with E-state index < -0.39 is 6.29 Å². The number of ketones is 1. The Morgan fingerprint density at radius 1 is 0.875 bits per heavy atom. The van der Waals surface area contributed by atoms with E-state index in [1.165, 1.54) is 0 Å². The topological polar surface area (TPSA) is 55.8 Å². The summed E-state index contributed by atoms with van der Waals surface area (Å²) in [5, 5.41) is 9.97. The fourth-order valence-electron chi connectivity index (χ4n) is 3.40. The molecule has 2 rings (SSSR count). The largest absolute Gasteiger partial charge is 0.494 e. The Bertz CT molecular complexity index is 808. The molecule has 0 saturated carbocycles. The first-order valence-electron chi connectivity index (χ1n) is 11.9. The van der Waals surface area contributed by atoms with Crippen LogP contribution in [-0.2, 0) is 4.79 Å². The number of aliphatic hydroxyl groups excluding tert-OH is 1. The van der Waals surface area contributed by atoms with E-state index in [0.717, 1.165) is 61.8 Å². The number of allylic oxidation sites excluding steroid dienone is 1. The maximum absolute atomic E-state index is 11.5. The van der Waals surface area contributed by atoms with Crippen LogP contribution in [0.1, 0.15) is 71.6 Å². The number of benzene rings is 2. The van der Waals surface area contributed by atoms with Crippen LogP contribution in [0.25, 0.3) is 11.1 Å². The number of Topliss-reactive ketones (excluding diaryl/α,β-unsaturated/α-hetero) is 1. The van der Waals surface area contributed by atoms with E-state index >= 15 is 0 Å². The molecular weight excluding hydrogens is 400 g/mol. The third-order valence-corrected chi connectivity index (χ3v) is 5.41. The first-order valence-corrected chi connectivity index (χ1v) is 11.9. The second-order valence-electron chi connectivity index (χ2n) is 8.33. The van der Waals surface area contributed by atoms with Crippen molar-refractivity contribution in [2.45, 2.75) is 77.9 Å². The highest BCUT2D eigenvalue weighted by Crippen LogP contribution is 2.25. The van der Waals surface area contributed by atoms with E-state index in [9.17, 15) is 9.90 Å². The van der Waals surface area contributed by atoms with Crippen LogP contribution >= 0.6 is 0 Å². The van der Waals surface area contributed by atoms with Gasteiger partial charge in [0, 0.05) is 12.8 Å². The van der Waals surface area contributed by atoms with Gasteiger partial charge in [0.15, 0.2) is 12.1 Å². The van der Waals surface area contributed by atoms with E-state index in [4.69, 9.17) is 9.47 Å². The molecule has 1 atom stereocenters. The molecule has 2 aromatic rings. The quantitative estimate of drug-likeness (QED) is 0.172. The summed E-state index contributed by atoms with van der Waals surface area (Å²) in [6.07, 6.45) is 7.72. The number of hydrogen-bond donors (Lipinski definition) is 1. The zero-order chi connectivity index (χ0) is 23.2. The smallest absolute Gasteiger partial charge is 0.197 e. The average Bonchev–Trinajstić information content (AvgIpc) is 2.79. The molecule has 1 unspecified atom stereocenters. The van der Waals surface area contributed by atoms with Crippen LogP contribution in [0.3, 0.4) is 0 Å². The SMILES string of the molecule is C=C(C)C(=O)CCCCCCOc1ccc(-c2ccc(OC(O)CCCCC)cc2)cc1. The lowest BCUT2D eigenvalue weighted by atomic mass is 10.1. The van der Waals surface area contributed by atoms with Crippen LogP contribution in [-0.4, -0.2) is 23.8 Å². The third kappa shape index (κ3) is 9.69. The van der Waals surface area contributed by atoms with E-state index in [-0.39, 0.29) is 5.78 Å². The lowest BCUT2D eigenvalue weighted by molar-refractivity contribution is -0.115. The molecule has 32 heavy (non-hydrogen) atoms. The van der Waals surface area contributed by atoms with Crippen molar-refractivity contribution >= 4 is 5.78 Å². The molecule has 0 heterocycles. The fourth-order valence-corrected chi connectivity index (χ4v) is 3.40. The predicted octanol–water partition coefficient (Wildman–Crippen LogP) is 7.11.